The number of rotatable bonds is 5. The van der Waals surface area contributed by atoms with Crippen molar-refractivity contribution >= 4 is 27.4 Å². The van der Waals surface area contributed by atoms with Gasteiger partial charge < -0.3 is 5.32 Å². The van der Waals surface area contributed by atoms with Crippen LogP contribution in [0.5, 0.6) is 0 Å². The van der Waals surface area contributed by atoms with Crippen LogP contribution < -0.4 is 10.7 Å². The second-order valence-electron chi connectivity index (χ2n) is 3.83. The molecule has 0 aromatic carbocycles. The molecule has 0 radical (unpaired) electrons. The van der Waals surface area contributed by atoms with E-state index in [1.165, 1.54) is 0 Å². The van der Waals surface area contributed by atoms with E-state index < -0.39 is 9.84 Å². The topological polar surface area (TPSA) is 105 Å². The standard InChI is InChI=1S/C9H15N3O4S/c1-17(15,16)6-2-5-10-9(14)7-3-4-8(13)12-11-7/h2-6H2,1H3,(H,10,14)(H,12,13). The largest absolute Gasteiger partial charge is 0.351 e. The fourth-order valence-electron chi connectivity index (χ4n) is 1.28. The average Bonchev–Trinajstić information content (AvgIpc) is 2.24. The van der Waals surface area contributed by atoms with Crippen LogP contribution in [0.4, 0.5) is 0 Å². The third-order valence-electron chi connectivity index (χ3n) is 2.14. The third kappa shape index (κ3) is 5.43. The number of nitrogens with one attached hydrogen (secondary N) is 2. The molecule has 0 fully saturated rings. The zero-order chi connectivity index (χ0) is 12.9. The van der Waals surface area contributed by atoms with Crippen LogP contribution in [0.3, 0.4) is 0 Å². The fourth-order valence-corrected chi connectivity index (χ4v) is 1.94. The van der Waals surface area contributed by atoms with Crippen molar-refractivity contribution in [3.63, 3.8) is 0 Å². The predicted octanol–water partition coefficient (Wildman–Crippen LogP) is -1.20. The Morgan fingerprint density at radius 2 is 2.18 bits per heavy atom. The lowest BCUT2D eigenvalue weighted by atomic mass is 10.1. The van der Waals surface area contributed by atoms with E-state index in [2.05, 4.69) is 15.8 Å². The van der Waals surface area contributed by atoms with Gasteiger partial charge >= 0.3 is 0 Å². The van der Waals surface area contributed by atoms with Gasteiger partial charge in [-0.15, -0.1) is 0 Å². The molecule has 8 heteroatoms. The maximum Gasteiger partial charge on any atom is 0.267 e. The maximum atomic E-state index is 11.5. The van der Waals surface area contributed by atoms with Crippen molar-refractivity contribution in [3.05, 3.63) is 0 Å². The summed E-state index contributed by atoms with van der Waals surface area (Å²) in [6.45, 7) is 0.277. The van der Waals surface area contributed by atoms with Crippen molar-refractivity contribution in [2.75, 3.05) is 18.6 Å². The number of nitrogens with zero attached hydrogens (tertiary/aromatic N) is 1. The van der Waals surface area contributed by atoms with Gasteiger partial charge in [-0.3, -0.25) is 9.59 Å². The van der Waals surface area contributed by atoms with E-state index in [4.69, 9.17) is 0 Å². The zero-order valence-electron chi connectivity index (χ0n) is 9.52. The molecular weight excluding hydrogens is 246 g/mol. The molecule has 0 bridgehead atoms. The summed E-state index contributed by atoms with van der Waals surface area (Å²) >= 11 is 0. The smallest absolute Gasteiger partial charge is 0.267 e. The van der Waals surface area contributed by atoms with Crippen molar-refractivity contribution < 1.29 is 18.0 Å². The number of amides is 2. The second-order valence-corrected chi connectivity index (χ2v) is 6.09. The molecule has 0 atom stereocenters. The molecule has 2 amide bonds. The van der Waals surface area contributed by atoms with E-state index in [0.717, 1.165) is 6.26 Å². The minimum absolute atomic E-state index is 0.0382. The molecule has 1 rings (SSSR count). The van der Waals surface area contributed by atoms with Crippen molar-refractivity contribution in [1.29, 1.82) is 0 Å². The third-order valence-corrected chi connectivity index (χ3v) is 3.17. The van der Waals surface area contributed by atoms with Gasteiger partial charge in [0, 0.05) is 25.6 Å². The first-order valence-electron chi connectivity index (χ1n) is 5.20. The van der Waals surface area contributed by atoms with Gasteiger partial charge in [0.2, 0.25) is 5.91 Å². The monoisotopic (exact) mass is 261 g/mol. The summed E-state index contributed by atoms with van der Waals surface area (Å²) in [6.07, 6.45) is 2.07. The van der Waals surface area contributed by atoms with E-state index >= 15 is 0 Å². The molecule has 0 saturated carbocycles. The van der Waals surface area contributed by atoms with Gasteiger partial charge in [0.05, 0.1) is 5.75 Å². The minimum Gasteiger partial charge on any atom is -0.351 e. The molecule has 0 saturated heterocycles. The van der Waals surface area contributed by atoms with Crippen LogP contribution in [0.15, 0.2) is 5.10 Å². The van der Waals surface area contributed by atoms with Gasteiger partial charge in [-0.2, -0.15) is 5.10 Å². The van der Waals surface area contributed by atoms with Crippen molar-refractivity contribution in [3.8, 4) is 0 Å². The fraction of sp³-hybridized carbons (Fsp3) is 0.667. The molecular formula is C9H15N3O4S. The number of hydrogen-bond acceptors (Lipinski definition) is 5. The summed E-state index contributed by atoms with van der Waals surface area (Å²) in [6, 6.07) is 0. The molecule has 7 nitrogen and oxygen atoms in total. The van der Waals surface area contributed by atoms with E-state index in [1.807, 2.05) is 0 Å². The van der Waals surface area contributed by atoms with Crippen LogP contribution in [0.25, 0.3) is 0 Å². The molecule has 2 N–H and O–H groups in total. The Kier molecular flexibility index (Phi) is 4.62. The number of carbonyl (C=O) groups excluding carboxylic acids is 2. The molecule has 0 unspecified atom stereocenters. The molecule has 0 aromatic rings. The van der Waals surface area contributed by atoms with Gasteiger partial charge in [0.15, 0.2) is 0 Å². The van der Waals surface area contributed by atoms with Crippen LogP contribution in [-0.4, -0.2) is 44.5 Å². The van der Waals surface area contributed by atoms with E-state index in [0.29, 0.717) is 12.8 Å². The number of carbonyl (C=O) groups is 2. The Hall–Kier alpha value is -1.44. The first kappa shape index (κ1) is 13.6. The highest BCUT2D eigenvalue weighted by Gasteiger charge is 2.17. The van der Waals surface area contributed by atoms with E-state index in [1.54, 1.807) is 0 Å². The molecule has 1 aliphatic rings. The second kappa shape index (κ2) is 5.76. The summed E-state index contributed by atoms with van der Waals surface area (Å²) in [5.41, 5.74) is 2.49. The maximum absolute atomic E-state index is 11.5. The highest BCUT2D eigenvalue weighted by atomic mass is 32.2. The Morgan fingerprint density at radius 3 is 2.71 bits per heavy atom. The molecule has 96 valence electrons. The quantitative estimate of drug-likeness (QED) is 0.607. The van der Waals surface area contributed by atoms with Gasteiger partial charge in [-0.05, 0) is 6.42 Å². The van der Waals surface area contributed by atoms with Gasteiger partial charge in [-0.1, -0.05) is 0 Å². The van der Waals surface area contributed by atoms with Gasteiger partial charge in [0.25, 0.3) is 5.91 Å². The summed E-state index contributed by atoms with van der Waals surface area (Å²) in [7, 11) is -2.99. The van der Waals surface area contributed by atoms with E-state index in [9.17, 15) is 18.0 Å². The average molecular weight is 261 g/mol. The molecule has 0 spiro atoms. The molecule has 1 aliphatic heterocycles. The highest BCUT2D eigenvalue weighted by Crippen LogP contribution is 1.99. The Bertz CT molecular complexity index is 441. The molecule has 1 heterocycles. The first-order valence-corrected chi connectivity index (χ1v) is 7.26. The number of sulfone groups is 1. The van der Waals surface area contributed by atoms with E-state index in [-0.39, 0.29) is 36.2 Å². The number of hydrogen-bond donors (Lipinski definition) is 2. The summed E-state index contributed by atoms with van der Waals surface area (Å²) < 4.78 is 21.7. The first-order chi connectivity index (χ1) is 7.88. The predicted molar refractivity (Wildman–Crippen MR) is 62.1 cm³/mol. The van der Waals surface area contributed by atoms with Crippen LogP contribution >= 0.6 is 0 Å². The Morgan fingerprint density at radius 1 is 1.47 bits per heavy atom. The summed E-state index contributed by atoms with van der Waals surface area (Å²) in [4.78, 5) is 22.3. The normalized spacial score (nSPS) is 16.1. The van der Waals surface area contributed by atoms with Gasteiger partial charge in [-0.25, -0.2) is 13.8 Å². The Balaban J connectivity index is 2.28. The number of hydrazone groups is 1. The van der Waals surface area contributed by atoms with Crippen LogP contribution in [0, 0.1) is 0 Å². The zero-order valence-corrected chi connectivity index (χ0v) is 10.3. The highest BCUT2D eigenvalue weighted by molar-refractivity contribution is 7.90. The molecule has 0 aliphatic carbocycles. The lowest BCUT2D eigenvalue weighted by Gasteiger charge is -2.11. The molecule has 17 heavy (non-hydrogen) atoms. The van der Waals surface area contributed by atoms with Gasteiger partial charge in [0.1, 0.15) is 15.5 Å². The van der Waals surface area contributed by atoms with Crippen molar-refractivity contribution in [2.45, 2.75) is 19.3 Å². The lowest BCUT2D eigenvalue weighted by Crippen LogP contribution is -2.37. The Labute approximate surface area is 99.6 Å². The van der Waals surface area contributed by atoms with Crippen LogP contribution in [-0.2, 0) is 19.4 Å². The lowest BCUT2D eigenvalue weighted by molar-refractivity contribution is -0.121. The van der Waals surface area contributed by atoms with Crippen molar-refractivity contribution in [2.24, 2.45) is 5.10 Å². The van der Waals surface area contributed by atoms with Crippen molar-refractivity contribution in [1.82, 2.24) is 10.7 Å². The minimum atomic E-state index is -2.99. The SMILES string of the molecule is CS(=O)(=O)CCCNC(=O)C1=NNC(=O)CC1. The molecule has 0 aromatic heterocycles. The van der Waals surface area contributed by atoms with Crippen LogP contribution in [0.2, 0.25) is 0 Å². The summed E-state index contributed by atoms with van der Waals surface area (Å²) in [5.74, 6) is -0.534. The van der Waals surface area contributed by atoms with Crippen LogP contribution in [0.1, 0.15) is 19.3 Å². The summed E-state index contributed by atoms with van der Waals surface area (Å²) in [5, 5.41) is 6.18.